The maximum absolute atomic E-state index is 14.9. The highest BCUT2D eigenvalue weighted by molar-refractivity contribution is 7.92. The molecular weight excluding hydrogens is 450 g/mol. The van der Waals surface area contributed by atoms with Gasteiger partial charge in [-0.2, -0.15) is 0 Å². The van der Waals surface area contributed by atoms with Gasteiger partial charge in [0.15, 0.2) is 9.84 Å². The van der Waals surface area contributed by atoms with E-state index in [0.29, 0.717) is 17.9 Å². The standard InChI is InChI=1S/C22H23ClF2O5S/c1-2-29-21(26)14-30-17-4-3-11-22(13-17,19-12-16(24)7-10-20(19)25)31(27,28)18-8-5-15(23)6-9-18/h5-10,12,17H,2-4,11,13-14H2,1H3/t17-,22+/m1/s1. The van der Waals surface area contributed by atoms with Gasteiger partial charge < -0.3 is 9.47 Å². The molecule has 5 nitrogen and oxygen atoms in total. The van der Waals surface area contributed by atoms with Gasteiger partial charge in [-0.05, 0) is 75.1 Å². The van der Waals surface area contributed by atoms with Crippen LogP contribution in [0.1, 0.15) is 38.2 Å². The van der Waals surface area contributed by atoms with Gasteiger partial charge in [0.05, 0.1) is 17.6 Å². The molecule has 1 saturated carbocycles. The van der Waals surface area contributed by atoms with Crippen LogP contribution in [0.5, 0.6) is 0 Å². The summed E-state index contributed by atoms with van der Waals surface area (Å²) in [6, 6.07) is 8.35. The average molecular weight is 473 g/mol. The van der Waals surface area contributed by atoms with Crippen molar-refractivity contribution in [3.63, 3.8) is 0 Å². The van der Waals surface area contributed by atoms with Crippen LogP contribution in [0, 0.1) is 11.6 Å². The Labute approximate surface area is 185 Å². The van der Waals surface area contributed by atoms with E-state index < -0.39 is 38.3 Å². The van der Waals surface area contributed by atoms with E-state index in [0.717, 1.165) is 18.2 Å². The summed E-state index contributed by atoms with van der Waals surface area (Å²) in [5.41, 5.74) is -0.244. The average Bonchev–Trinajstić information content (AvgIpc) is 2.74. The van der Waals surface area contributed by atoms with Crippen LogP contribution in [0.2, 0.25) is 5.02 Å². The number of benzene rings is 2. The van der Waals surface area contributed by atoms with Crippen LogP contribution in [-0.4, -0.2) is 33.7 Å². The number of ether oxygens (including phenoxy) is 2. The molecule has 0 amide bonds. The Hall–Kier alpha value is -2.03. The molecule has 0 heterocycles. The minimum atomic E-state index is -4.18. The van der Waals surface area contributed by atoms with Gasteiger partial charge in [-0.25, -0.2) is 22.0 Å². The van der Waals surface area contributed by atoms with Gasteiger partial charge in [0.1, 0.15) is 23.0 Å². The molecule has 0 bridgehead atoms. The number of carbonyl (C=O) groups excluding carboxylic acids is 1. The van der Waals surface area contributed by atoms with Gasteiger partial charge in [0.2, 0.25) is 0 Å². The molecule has 2 atom stereocenters. The summed E-state index contributed by atoms with van der Waals surface area (Å²) in [6.45, 7) is 1.51. The molecule has 0 spiro atoms. The normalized spacial score (nSPS) is 21.6. The molecule has 1 aliphatic rings. The Morgan fingerprint density at radius 3 is 2.58 bits per heavy atom. The van der Waals surface area contributed by atoms with Crippen LogP contribution < -0.4 is 0 Å². The van der Waals surface area contributed by atoms with Crippen LogP contribution in [0.4, 0.5) is 8.78 Å². The fraction of sp³-hybridized carbons (Fsp3) is 0.409. The largest absolute Gasteiger partial charge is 0.464 e. The predicted molar refractivity (Wildman–Crippen MR) is 112 cm³/mol. The van der Waals surface area contributed by atoms with Gasteiger partial charge in [-0.3, -0.25) is 0 Å². The highest BCUT2D eigenvalue weighted by Crippen LogP contribution is 2.48. The molecule has 0 unspecified atom stereocenters. The Bertz CT molecular complexity index is 1040. The van der Waals surface area contributed by atoms with Gasteiger partial charge in [0.25, 0.3) is 0 Å². The van der Waals surface area contributed by atoms with Crippen LogP contribution in [0.25, 0.3) is 0 Å². The third-order valence-electron chi connectivity index (χ3n) is 5.46. The number of sulfone groups is 1. The first-order valence-corrected chi connectivity index (χ1v) is 11.8. The van der Waals surface area contributed by atoms with Crippen molar-refractivity contribution >= 4 is 27.4 Å². The van der Waals surface area contributed by atoms with Crippen molar-refractivity contribution in [1.29, 1.82) is 0 Å². The van der Waals surface area contributed by atoms with E-state index in [4.69, 9.17) is 21.1 Å². The fourth-order valence-electron chi connectivity index (χ4n) is 4.04. The van der Waals surface area contributed by atoms with Crippen LogP contribution in [0.15, 0.2) is 47.4 Å². The zero-order valence-corrected chi connectivity index (χ0v) is 18.5. The molecule has 0 saturated heterocycles. The molecule has 0 N–H and O–H groups in total. The summed E-state index contributed by atoms with van der Waals surface area (Å²) in [5.74, 6) is -2.13. The second-order valence-corrected chi connectivity index (χ2v) is 10.1. The van der Waals surface area contributed by atoms with Crippen molar-refractivity contribution in [1.82, 2.24) is 0 Å². The lowest BCUT2D eigenvalue weighted by Crippen LogP contribution is -2.44. The van der Waals surface area contributed by atoms with E-state index in [1.54, 1.807) is 6.92 Å². The summed E-state index contributed by atoms with van der Waals surface area (Å²) >= 11 is 5.90. The molecule has 9 heteroatoms. The lowest BCUT2D eigenvalue weighted by Gasteiger charge is -2.40. The molecule has 31 heavy (non-hydrogen) atoms. The minimum Gasteiger partial charge on any atom is -0.464 e. The third-order valence-corrected chi connectivity index (χ3v) is 8.23. The first kappa shape index (κ1) is 23.6. The van der Waals surface area contributed by atoms with Crippen LogP contribution >= 0.6 is 11.6 Å². The van der Waals surface area contributed by atoms with Crippen molar-refractivity contribution in [2.45, 2.75) is 48.4 Å². The first-order chi connectivity index (χ1) is 14.7. The van der Waals surface area contributed by atoms with E-state index in [9.17, 15) is 22.0 Å². The summed E-state index contributed by atoms with van der Waals surface area (Å²) in [7, 11) is -4.18. The van der Waals surface area contributed by atoms with Crippen molar-refractivity contribution in [2.75, 3.05) is 13.2 Å². The van der Waals surface area contributed by atoms with E-state index >= 15 is 0 Å². The lowest BCUT2D eigenvalue weighted by molar-refractivity contribution is -0.151. The van der Waals surface area contributed by atoms with E-state index in [1.807, 2.05) is 0 Å². The first-order valence-electron chi connectivity index (χ1n) is 9.92. The highest BCUT2D eigenvalue weighted by Gasteiger charge is 2.51. The van der Waals surface area contributed by atoms with Gasteiger partial charge in [-0.15, -0.1) is 0 Å². The Kier molecular flexibility index (Phi) is 7.34. The number of carbonyl (C=O) groups is 1. The van der Waals surface area contributed by atoms with Crippen LogP contribution in [-0.2, 0) is 28.9 Å². The second kappa shape index (κ2) is 9.63. The van der Waals surface area contributed by atoms with Crippen molar-refractivity contribution in [2.24, 2.45) is 0 Å². The second-order valence-electron chi connectivity index (χ2n) is 7.41. The number of halogens is 3. The Morgan fingerprint density at radius 2 is 1.90 bits per heavy atom. The van der Waals surface area contributed by atoms with Crippen molar-refractivity contribution in [3.05, 3.63) is 64.7 Å². The van der Waals surface area contributed by atoms with E-state index in [2.05, 4.69) is 0 Å². The Balaban J connectivity index is 2.06. The molecule has 3 rings (SSSR count). The summed E-state index contributed by atoms with van der Waals surface area (Å²) < 4.78 is 65.3. The minimum absolute atomic E-state index is 0.0494. The quantitative estimate of drug-likeness (QED) is 0.541. The van der Waals surface area contributed by atoms with Gasteiger partial charge in [0, 0.05) is 10.6 Å². The van der Waals surface area contributed by atoms with Gasteiger partial charge >= 0.3 is 5.97 Å². The maximum atomic E-state index is 14.9. The summed E-state index contributed by atoms with van der Waals surface area (Å²) in [4.78, 5) is 11.6. The summed E-state index contributed by atoms with van der Waals surface area (Å²) in [5, 5.41) is 0.351. The Morgan fingerprint density at radius 1 is 1.19 bits per heavy atom. The lowest BCUT2D eigenvalue weighted by atomic mass is 9.81. The zero-order chi connectivity index (χ0) is 22.6. The maximum Gasteiger partial charge on any atom is 0.332 e. The third kappa shape index (κ3) is 4.91. The monoisotopic (exact) mass is 472 g/mol. The van der Waals surface area contributed by atoms with Crippen LogP contribution in [0.3, 0.4) is 0 Å². The van der Waals surface area contributed by atoms with Gasteiger partial charge in [-0.1, -0.05) is 11.6 Å². The number of hydrogen-bond acceptors (Lipinski definition) is 5. The molecule has 168 valence electrons. The van der Waals surface area contributed by atoms with Crippen molar-refractivity contribution in [3.8, 4) is 0 Å². The molecule has 2 aromatic rings. The summed E-state index contributed by atoms with van der Waals surface area (Å²) in [6.07, 6.45) is 0.169. The molecular formula is C22H23ClF2O5S. The zero-order valence-electron chi connectivity index (χ0n) is 16.9. The molecule has 0 aromatic heterocycles. The molecule has 2 aromatic carbocycles. The predicted octanol–water partition coefficient (Wildman–Crippen LogP) is 4.81. The topological polar surface area (TPSA) is 69.7 Å². The SMILES string of the molecule is CCOC(=O)CO[C@@H]1CCC[C@](c2cc(F)ccc2F)(S(=O)(=O)c2ccc(Cl)cc2)C1. The number of esters is 1. The fourth-order valence-corrected chi connectivity index (χ4v) is 6.37. The van der Waals surface area contributed by atoms with E-state index in [-0.39, 0.29) is 36.5 Å². The van der Waals surface area contributed by atoms with E-state index in [1.165, 1.54) is 24.3 Å². The molecule has 1 aliphatic carbocycles. The molecule has 0 aliphatic heterocycles. The number of rotatable bonds is 7. The van der Waals surface area contributed by atoms with Crippen molar-refractivity contribution < 1.29 is 31.5 Å². The number of hydrogen-bond donors (Lipinski definition) is 0. The smallest absolute Gasteiger partial charge is 0.332 e. The molecule has 0 radical (unpaired) electrons. The molecule has 1 fully saturated rings. The highest BCUT2D eigenvalue weighted by atomic mass is 35.5.